The molecule has 5 nitrogen and oxygen atoms in total. The highest BCUT2D eigenvalue weighted by Gasteiger charge is 2.16. The Morgan fingerprint density at radius 3 is 2.55 bits per heavy atom. The largest absolute Gasteiger partial charge is 0.469 e. The van der Waals surface area contributed by atoms with E-state index in [9.17, 15) is 9.59 Å². The van der Waals surface area contributed by atoms with E-state index in [1.54, 1.807) is 18.3 Å². The van der Waals surface area contributed by atoms with E-state index >= 15 is 0 Å². The van der Waals surface area contributed by atoms with Gasteiger partial charge in [-0.25, -0.2) is 4.79 Å². The summed E-state index contributed by atoms with van der Waals surface area (Å²) in [5.74, 6) is -0.338. The Morgan fingerprint density at radius 1 is 1.35 bits per heavy atom. The van der Waals surface area contributed by atoms with Crippen LogP contribution in [0.25, 0.3) is 0 Å². The molecule has 1 rings (SSSR count). The molecule has 0 radical (unpaired) electrons. The first-order chi connectivity index (χ1) is 9.67. The maximum atomic E-state index is 11.7. The molecule has 1 heterocycles. The van der Waals surface area contributed by atoms with Crippen molar-refractivity contribution in [3.8, 4) is 0 Å². The second kappa shape index (κ2) is 11.3. The molecule has 0 N–H and O–H groups in total. The Balaban J connectivity index is 0.00000172. The van der Waals surface area contributed by atoms with E-state index in [1.807, 2.05) is 30.7 Å². The summed E-state index contributed by atoms with van der Waals surface area (Å²) in [6, 6.07) is 1.94. The van der Waals surface area contributed by atoms with Crippen molar-refractivity contribution >= 4 is 23.4 Å². The summed E-state index contributed by atoms with van der Waals surface area (Å²) in [5, 5.41) is 3.91. The molecule has 1 aromatic heterocycles. The van der Waals surface area contributed by atoms with Crippen molar-refractivity contribution in [2.45, 2.75) is 33.7 Å². The predicted octanol–water partition coefficient (Wildman–Crippen LogP) is 3.30. The van der Waals surface area contributed by atoms with Crippen molar-refractivity contribution < 1.29 is 19.1 Å². The number of amides is 1. The molecular weight excluding hydrogens is 278 g/mol. The standard InChI is InChI=1S/C12H17NO4S.C2H6/c1-3-17-12(15)13(6-4-11(14)16-2)8-10-5-7-18-9-10;1-2/h5,7,9H,3-4,6,8H2,1-2H3;1-2H3. The number of methoxy groups -OCH3 is 1. The van der Waals surface area contributed by atoms with Gasteiger partial charge < -0.3 is 14.4 Å². The summed E-state index contributed by atoms with van der Waals surface area (Å²) in [7, 11) is 1.33. The average molecular weight is 301 g/mol. The summed E-state index contributed by atoms with van der Waals surface area (Å²) < 4.78 is 9.52. The molecule has 0 aliphatic rings. The van der Waals surface area contributed by atoms with Gasteiger partial charge in [-0.05, 0) is 29.3 Å². The van der Waals surface area contributed by atoms with Crippen LogP contribution in [-0.4, -0.2) is 37.2 Å². The number of hydrogen-bond acceptors (Lipinski definition) is 5. The minimum Gasteiger partial charge on any atom is -0.469 e. The van der Waals surface area contributed by atoms with Crippen LogP contribution >= 0.6 is 11.3 Å². The van der Waals surface area contributed by atoms with Crippen LogP contribution in [0.3, 0.4) is 0 Å². The zero-order valence-corrected chi connectivity index (χ0v) is 13.4. The van der Waals surface area contributed by atoms with E-state index in [2.05, 4.69) is 4.74 Å². The smallest absolute Gasteiger partial charge is 0.410 e. The third-order valence-electron chi connectivity index (χ3n) is 2.29. The van der Waals surface area contributed by atoms with Gasteiger partial charge in [0.1, 0.15) is 0 Å². The molecule has 0 atom stereocenters. The van der Waals surface area contributed by atoms with E-state index in [0.29, 0.717) is 19.7 Å². The van der Waals surface area contributed by atoms with Gasteiger partial charge in [0.05, 0.1) is 20.1 Å². The molecule has 0 unspecified atom stereocenters. The van der Waals surface area contributed by atoms with Crippen LogP contribution in [0.2, 0.25) is 0 Å². The molecule has 0 saturated carbocycles. The molecule has 0 saturated heterocycles. The van der Waals surface area contributed by atoms with Crippen LogP contribution in [0.5, 0.6) is 0 Å². The number of nitrogens with zero attached hydrogens (tertiary/aromatic N) is 1. The normalized spacial score (nSPS) is 9.20. The minimum absolute atomic E-state index is 0.166. The lowest BCUT2D eigenvalue weighted by Crippen LogP contribution is -2.33. The van der Waals surface area contributed by atoms with Crippen LogP contribution in [0.4, 0.5) is 4.79 Å². The highest BCUT2D eigenvalue weighted by Crippen LogP contribution is 2.11. The zero-order chi connectivity index (χ0) is 15.4. The molecule has 0 spiro atoms. The fraction of sp³-hybridized carbons (Fsp3) is 0.571. The fourth-order valence-corrected chi connectivity index (χ4v) is 2.04. The molecule has 1 amide bonds. The SMILES string of the molecule is CC.CCOC(=O)N(CCC(=O)OC)Cc1ccsc1. The molecule has 6 heteroatoms. The van der Waals surface area contributed by atoms with E-state index in [1.165, 1.54) is 12.0 Å². The summed E-state index contributed by atoms with van der Waals surface area (Å²) in [5.41, 5.74) is 1.03. The molecule has 0 aliphatic carbocycles. The Kier molecular flexibility index (Phi) is 10.4. The Hall–Kier alpha value is -1.56. The van der Waals surface area contributed by atoms with Crippen LogP contribution < -0.4 is 0 Å². The van der Waals surface area contributed by atoms with Gasteiger partial charge in [0.2, 0.25) is 0 Å². The first-order valence-electron chi connectivity index (χ1n) is 6.67. The van der Waals surface area contributed by atoms with Crippen LogP contribution in [0.15, 0.2) is 16.8 Å². The minimum atomic E-state index is -0.410. The monoisotopic (exact) mass is 301 g/mol. The Labute approximate surface area is 124 Å². The van der Waals surface area contributed by atoms with Crippen molar-refractivity contribution in [3.63, 3.8) is 0 Å². The molecule has 20 heavy (non-hydrogen) atoms. The van der Waals surface area contributed by atoms with Crippen molar-refractivity contribution in [1.29, 1.82) is 0 Å². The molecule has 0 aliphatic heterocycles. The van der Waals surface area contributed by atoms with Gasteiger partial charge >= 0.3 is 12.1 Å². The third kappa shape index (κ3) is 7.13. The Bertz CT molecular complexity index is 379. The van der Waals surface area contributed by atoms with E-state index < -0.39 is 6.09 Å². The van der Waals surface area contributed by atoms with Crippen molar-refractivity contribution in [3.05, 3.63) is 22.4 Å². The fourth-order valence-electron chi connectivity index (χ4n) is 1.38. The quantitative estimate of drug-likeness (QED) is 0.757. The molecule has 0 aromatic carbocycles. The lowest BCUT2D eigenvalue weighted by Gasteiger charge is -2.20. The van der Waals surface area contributed by atoms with Gasteiger partial charge in [-0.2, -0.15) is 11.3 Å². The number of carbonyl (C=O) groups is 2. The maximum Gasteiger partial charge on any atom is 0.410 e. The van der Waals surface area contributed by atoms with Gasteiger partial charge in [-0.3, -0.25) is 4.79 Å². The van der Waals surface area contributed by atoms with Gasteiger partial charge in [-0.15, -0.1) is 0 Å². The molecule has 114 valence electrons. The Morgan fingerprint density at radius 2 is 2.05 bits per heavy atom. The predicted molar refractivity (Wildman–Crippen MR) is 79.7 cm³/mol. The molecule has 1 aromatic rings. The molecule has 0 fully saturated rings. The van der Waals surface area contributed by atoms with Crippen molar-refractivity contribution in [2.24, 2.45) is 0 Å². The number of esters is 1. The summed E-state index contributed by atoms with van der Waals surface area (Å²) in [4.78, 5) is 24.3. The highest BCUT2D eigenvalue weighted by atomic mass is 32.1. The second-order valence-corrected chi connectivity index (χ2v) is 4.36. The number of hydrogen-bond donors (Lipinski definition) is 0. The van der Waals surface area contributed by atoms with Crippen LogP contribution in [-0.2, 0) is 20.8 Å². The lowest BCUT2D eigenvalue weighted by molar-refractivity contribution is -0.140. The number of ether oxygens (including phenoxy) is 2. The lowest BCUT2D eigenvalue weighted by atomic mass is 10.3. The first-order valence-corrected chi connectivity index (χ1v) is 7.61. The first kappa shape index (κ1) is 18.4. The highest BCUT2D eigenvalue weighted by molar-refractivity contribution is 7.07. The third-order valence-corrected chi connectivity index (χ3v) is 3.03. The van der Waals surface area contributed by atoms with Gasteiger partial charge in [0.25, 0.3) is 0 Å². The average Bonchev–Trinajstić information content (AvgIpc) is 2.98. The number of rotatable bonds is 6. The van der Waals surface area contributed by atoms with E-state index in [-0.39, 0.29) is 12.4 Å². The van der Waals surface area contributed by atoms with Crippen LogP contribution in [0, 0.1) is 0 Å². The van der Waals surface area contributed by atoms with Gasteiger partial charge in [-0.1, -0.05) is 13.8 Å². The summed E-state index contributed by atoms with van der Waals surface area (Å²) in [6.07, 6.45) is -0.244. The number of thiophene rings is 1. The van der Waals surface area contributed by atoms with E-state index in [0.717, 1.165) is 5.56 Å². The molecular formula is C14H23NO4S. The van der Waals surface area contributed by atoms with Crippen molar-refractivity contribution in [1.82, 2.24) is 4.90 Å². The topological polar surface area (TPSA) is 55.8 Å². The van der Waals surface area contributed by atoms with Crippen LogP contribution in [0.1, 0.15) is 32.8 Å². The summed E-state index contributed by atoms with van der Waals surface area (Å²) in [6.45, 7) is 6.80. The van der Waals surface area contributed by atoms with Gasteiger partial charge in [0.15, 0.2) is 0 Å². The van der Waals surface area contributed by atoms with Crippen molar-refractivity contribution in [2.75, 3.05) is 20.3 Å². The number of carbonyl (C=O) groups excluding carboxylic acids is 2. The second-order valence-electron chi connectivity index (χ2n) is 3.58. The zero-order valence-electron chi connectivity index (χ0n) is 12.5. The van der Waals surface area contributed by atoms with E-state index in [4.69, 9.17) is 4.74 Å². The molecule has 0 bridgehead atoms. The maximum absolute atomic E-state index is 11.7. The van der Waals surface area contributed by atoms with Gasteiger partial charge in [0, 0.05) is 13.1 Å². The summed E-state index contributed by atoms with van der Waals surface area (Å²) >= 11 is 1.57.